The van der Waals surface area contributed by atoms with Gasteiger partial charge in [-0.2, -0.15) is 10.2 Å². The molecule has 0 saturated carbocycles. The molecule has 0 N–H and O–H groups in total. The highest BCUT2D eigenvalue weighted by molar-refractivity contribution is 6.14. The molecule has 6 nitrogen and oxygen atoms in total. The minimum atomic E-state index is 0.613. The molecule has 0 fully saturated rings. The summed E-state index contributed by atoms with van der Waals surface area (Å²) in [7, 11) is 0. The number of hydrazone groups is 2. The summed E-state index contributed by atoms with van der Waals surface area (Å²) in [4.78, 5) is 4.62. The van der Waals surface area contributed by atoms with E-state index in [2.05, 4.69) is 171 Å². The van der Waals surface area contributed by atoms with E-state index in [1.54, 1.807) is 0 Å². The first-order valence-corrected chi connectivity index (χ1v) is 15.9. The van der Waals surface area contributed by atoms with E-state index in [-0.39, 0.29) is 0 Å². The number of para-hydroxylation sites is 2. The fraction of sp³-hybridized carbons (Fsp3) is 0.200. The zero-order valence-corrected chi connectivity index (χ0v) is 27.5. The van der Waals surface area contributed by atoms with E-state index in [1.807, 2.05) is 0 Å². The highest BCUT2D eigenvalue weighted by Crippen LogP contribution is 2.34. The van der Waals surface area contributed by atoms with Crippen LogP contribution in [0.25, 0.3) is 0 Å². The van der Waals surface area contributed by atoms with Crippen molar-refractivity contribution in [1.29, 1.82) is 0 Å². The van der Waals surface area contributed by atoms with Crippen LogP contribution in [0.3, 0.4) is 0 Å². The Morgan fingerprint density at radius 1 is 0.413 bits per heavy atom. The second-order valence-electron chi connectivity index (χ2n) is 12.5. The summed E-state index contributed by atoms with van der Waals surface area (Å²) in [5, 5.41) is 14.8. The molecule has 46 heavy (non-hydrogen) atoms. The van der Waals surface area contributed by atoms with Gasteiger partial charge in [0.1, 0.15) is 13.3 Å². The molecule has 230 valence electrons. The second-order valence-corrected chi connectivity index (χ2v) is 12.5. The zero-order valence-electron chi connectivity index (χ0n) is 27.5. The largest absolute Gasteiger partial charge is 0.304 e. The Balaban J connectivity index is 1.28. The molecular formula is C40H40N6. The smallest absolute Gasteiger partial charge is 0.162 e. The Morgan fingerprint density at radius 3 is 1.13 bits per heavy atom. The normalized spacial score (nSPS) is 14.7. The topological polar surface area (TPSA) is 37.7 Å². The Kier molecular flexibility index (Phi) is 7.57. The van der Waals surface area contributed by atoms with Gasteiger partial charge in [-0.1, -0.05) is 77.9 Å². The first kappa shape index (κ1) is 29.4. The number of benzene rings is 5. The van der Waals surface area contributed by atoms with Crippen LogP contribution in [-0.4, -0.2) is 25.0 Å². The molecule has 0 saturated heterocycles. The minimum Gasteiger partial charge on any atom is -0.304 e. The summed E-state index contributed by atoms with van der Waals surface area (Å²) >= 11 is 0. The summed E-state index contributed by atoms with van der Waals surface area (Å²) in [5.41, 5.74) is 14.1. The van der Waals surface area contributed by atoms with Gasteiger partial charge < -0.3 is 9.80 Å². The average Bonchev–Trinajstić information content (AvgIpc) is 3.67. The maximum absolute atomic E-state index is 5.27. The fourth-order valence-corrected chi connectivity index (χ4v) is 6.95. The molecule has 0 aromatic heterocycles. The monoisotopic (exact) mass is 604 g/mol. The second kappa shape index (κ2) is 11.9. The van der Waals surface area contributed by atoms with Gasteiger partial charge in [0.25, 0.3) is 0 Å². The third-order valence-electron chi connectivity index (χ3n) is 8.86. The maximum Gasteiger partial charge on any atom is 0.162 e. The predicted molar refractivity (Wildman–Crippen MR) is 193 cm³/mol. The molecule has 5 aromatic carbocycles. The SMILES string of the molecule is Cc1cc(C)c(C2=NN(c3cccc(N4CN(c5ccccc5)C(c5c(C)cc(C)cc5C)=N4)c3)CN2c2ccccc2)c(C)c1. The van der Waals surface area contributed by atoms with Crippen LogP contribution in [0.15, 0.2) is 119 Å². The number of rotatable bonds is 6. The van der Waals surface area contributed by atoms with Crippen molar-refractivity contribution in [3.05, 3.63) is 154 Å². The van der Waals surface area contributed by atoms with Crippen LogP contribution < -0.4 is 19.8 Å². The zero-order chi connectivity index (χ0) is 31.9. The first-order valence-electron chi connectivity index (χ1n) is 15.9. The molecule has 6 heteroatoms. The van der Waals surface area contributed by atoms with Crippen LogP contribution in [0.1, 0.15) is 44.5 Å². The van der Waals surface area contributed by atoms with Gasteiger partial charge in [0.05, 0.1) is 11.4 Å². The minimum absolute atomic E-state index is 0.613. The van der Waals surface area contributed by atoms with E-state index in [4.69, 9.17) is 10.2 Å². The van der Waals surface area contributed by atoms with Crippen LogP contribution in [-0.2, 0) is 0 Å². The lowest BCUT2D eigenvalue weighted by atomic mass is 9.98. The van der Waals surface area contributed by atoms with Gasteiger partial charge in [-0.15, -0.1) is 0 Å². The van der Waals surface area contributed by atoms with Gasteiger partial charge in [0.15, 0.2) is 11.7 Å². The molecule has 0 atom stereocenters. The molecule has 0 aliphatic carbocycles. The Labute approximate surface area is 272 Å². The molecule has 7 rings (SSSR count). The van der Waals surface area contributed by atoms with E-state index < -0.39 is 0 Å². The Hall–Kier alpha value is -5.36. The third-order valence-corrected chi connectivity index (χ3v) is 8.86. The van der Waals surface area contributed by atoms with Crippen molar-refractivity contribution in [2.75, 3.05) is 33.2 Å². The highest BCUT2D eigenvalue weighted by atomic mass is 15.6. The maximum atomic E-state index is 5.27. The van der Waals surface area contributed by atoms with Gasteiger partial charge in [-0.3, -0.25) is 0 Å². The molecule has 0 radical (unpaired) electrons. The van der Waals surface area contributed by atoms with Crippen LogP contribution in [0, 0.1) is 41.5 Å². The van der Waals surface area contributed by atoms with Gasteiger partial charge in [-0.05, 0) is 106 Å². The quantitative estimate of drug-likeness (QED) is 0.194. The number of amidine groups is 2. The molecule has 0 spiro atoms. The van der Waals surface area contributed by atoms with Crippen LogP contribution >= 0.6 is 0 Å². The molecule has 2 aliphatic rings. The summed E-state index contributed by atoms with van der Waals surface area (Å²) in [6.07, 6.45) is 0. The lowest BCUT2D eigenvalue weighted by Gasteiger charge is -2.24. The number of nitrogens with zero attached hydrogens (tertiary/aromatic N) is 6. The lowest BCUT2D eigenvalue weighted by molar-refractivity contribution is 0.896. The fourth-order valence-electron chi connectivity index (χ4n) is 6.95. The van der Waals surface area contributed by atoms with Crippen LogP contribution in [0.2, 0.25) is 0 Å². The number of hydrogen-bond donors (Lipinski definition) is 0. The Bertz CT molecular complexity index is 1790. The predicted octanol–water partition coefficient (Wildman–Crippen LogP) is 8.83. The van der Waals surface area contributed by atoms with E-state index in [9.17, 15) is 0 Å². The Morgan fingerprint density at radius 2 is 0.761 bits per heavy atom. The van der Waals surface area contributed by atoms with Crippen LogP contribution in [0.5, 0.6) is 0 Å². The van der Waals surface area contributed by atoms with E-state index in [0.717, 1.165) is 34.4 Å². The molecule has 2 heterocycles. The van der Waals surface area contributed by atoms with Gasteiger partial charge in [0, 0.05) is 22.5 Å². The summed E-state index contributed by atoms with van der Waals surface area (Å²) in [6, 6.07) is 38.7. The van der Waals surface area contributed by atoms with Crippen molar-refractivity contribution < 1.29 is 0 Å². The van der Waals surface area contributed by atoms with Crippen molar-refractivity contribution in [2.24, 2.45) is 10.2 Å². The van der Waals surface area contributed by atoms with Gasteiger partial charge in [-0.25, -0.2) is 10.0 Å². The first-order chi connectivity index (χ1) is 22.3. The van der Waals surface area contributed by atoms with Gasteiger partial charge in [0.2, 0.25) is 0 Å². The summed E-state index contributed by atoms with van der Waals surface area (Å²) < 4.78 is 0. The van der Waals surface area contributed by atoms with Crippen molar-refractivity contribution in [2.45, 2.75) is 41.5 Å². The van der Waals surface area contributed by atoms with Crippen molar-refractivity contribution in [1.82, 2.24) is 0 Å². The summed E-state index contributed by atoms with van der Waals surface area (Å²) in [5.74, 6) is 1.93. The molecule has 2 aliphatic heterocycles. The van der Waals surface area contributed by atoms with Crippen molar-refractivity contribution in [3.63, 3.8) is 0 Å². The molecule has 0 amide bonds. The van der Waals surface area contributed by atoms with Gasteiger partial charge >= 0.3 is 0 Å². The van der Waals surface area contributed by atoms with E-state index in [0.29, 0.717) is 13.3 Å². The van der Waals surface area contributed by atoms with Crippen molar-refractivity contribution >= 4 is 34.4 Å². The molecule has 0 bridgehead atoms. The average molecular weight is 605 g/mol. The number of anilines is 4. The number of hydrogen-bond acceptors (Lipinski definition) is 6. The standard InChI is InChI=1S/C40H40N6/c1-27-20-29(3)37(30(4)21-27)39-41-45(25-43(39)33-14-9-7-10-15-33)35-18-13-19-36(24-35)46-26-44(34-16-11-8-12-17-34)40(42-46)38-31(5)22-28(2)23-32(38)6/h7-24H,25-26H2,1-6H3. The third kappa shape index (κ3) is 5.40. The highest BCUT2D eigenvalue weighted by Gasteiger charge is 2.31. The summed E-state index contributed by atoms with van der Waals surface area (Å²) in [6.45, 7) is 14.3. The molecule has 0 unspecified atom stereocenters. The number of aryl methyl sites for hydroxylation is 6. The molecule has 5 aromatic rings. The molecular weight excluding hydrogens is 564 g/mol. The van der Waals surface area contributed by atoms with Crippen LogP contribution in [0.4, 0.5) is 22.7 Å². The van der Waals surface area contributed by atoms with E-state index >= 15 is 0 Å². The lowest BCUT2D eigenvalue weighted by Crippen LogP contribution is -2.32. The van der Waals surface area contributed by atoms with Crippen molar-refractivity contribution in [3.8, 4) is 0 Å². The van der Waals surface area contributed by atoms with E-state index in [1.165, 1.54) is 44.5 Å².